The van der Waals surface area contributed by atoms with E-state index in [1.165, 1.54) is 4.90 Å². The largest absolute Gasteiger partial charge is 0.326 e. The number of carbonyl (C=O) groups is 3. The number of hydrogen-bond acceptors (Lipinski definition) is 3. The number of halogens is 1. The van der Waals surface area contributed by atoms with E-state index in [1.807, 2.05) is 25.1 Å². The Balaban J connectivity index is 1.58. The Kier molecular flexibility index (Phi) is 4.80. The molecule has 0 bridgehead atoms. The van der Waals surface area contributed by atoms with Crippen molar-refractivity contribution < 1.29 is 14.4 Å². The van der Waals surface area contributed by atoms with Crippen molar-refractivity contribution in [3.63, 3.8) is 0 Å². The molecule has 0 unspecified atom stereocenters. The Morgan fingerprint density at radius 3 is 2.71 bits per heavy atom. The van der Waals surface area contributed by atoms with E-state index in [4.69, 9.17) is 0 Å². The molecule has 0 atom stereocenters. The molecule has 3 rings (SSSR count). The molecular weight excluding hydrogens is 421 g/mol. The number of amides is 4. The Morgan fingerprint density at radius 2 is 2.04 bits per heavy atom. The lowest BCUT2D eigenvalue weighted by molar-refractivity contribution is -0.131. The summed E-state index contributed by atoms with van der Waals surface area (Å²) >= 11 is 2.22. The number of rotatable bonds is 4. The number of aryl methyl sites for hydroxylation is 1. The number of anilines is 1. The fraction of sp³-hybridized carbons (Fsp3) is 0.471. The minimum Gasteiger partial charge on any atom is -0.326 e. The van der Waals surface area contributed by atoms with Gasteiger partial charge in [-0.15, -0.1) is 0 Å². The first kappa shape index (κ1) is 17.2. The molecule has 2 fully saturated rings. The molecule has 1 aromatic carbocycles. The van der Waals surface area contributed by atoms with Gasteiger partial charge < -0.3 is 10.6 Å². The number of imide groups is 1. The summed E-state index contributed by atoms with van der Waals surface area (Å²) in [5, 5.41) is 5.66. The van der Waals surface area contributed by atoms with Crippen LogP contribution in [-0.4, -0.2) is 34.8 Å². The molecule has 2 aliphatic rings. The summed E-state index contributed by atoms with van der Waals surface area (Å²) in [6.45, 7) is 2.04. The summed E-state index contributed by atoms with van der Waals surface area (Å²) in [6, 6.07) is 5.39. The highest BCUT2D eigenvalue weighted by Crippen LogP contribution is 2.35. The van der Waals surface area contributed by atoms with Gasteiger partial charge in [0.2, 0.25) is 5.91 Å². The van der Waals surface area contributed by atoms with Crippen molar-refractivity contribution in [3.8, 4) is 0 Å². The van der Waals surface area contributed by atoms with Crippen LogP contribution in [0.15, 0.2) is 18.2 Å². The number of hydrogen-bond donors (Lipinski definition) is 2. The highest BCUT2D eigenvalue weighted by atomic mass is 127. The van der Waals surface area contributed by atoms with Crippen molar-refractivity contribution in [3.05, 3.63) is 27.3 Å². The van der Waals surface area contributed by atoms with E-state index in [2.05, 4.69) is 33.2 Å². The molecule has 1 saturated heterocycles. The van der Waals surface area contributed by atoms with Crippen molar-refractivity contribution in [2.45, 2.75) is 44.6 Å². The molecule has 1 heterocycles. The van der Waals surface area contributed by atoms with Crippen LogP contribution in [0, 0.1) is 10.5 Å². The average Bonchev–Trinajstić information content (AvgIpc) is 3.07. The van der Waals surface area contributed by atoms with Gasteiger partial charge in [-0.1, -0.05) is 12.8 Å². The predicted molar refractivity (Wildman–Crippen MR) is 98.6 cm³/mol. The topological polar surface area (TPSA) is 78.5 Å². The first-order valence-corrected chi connectivity index (χ1v) is 9.19. The molecule has 1 aliphatic carbocycles. The van der Waals surface area contributed by atoms with Crippen LogP contribution >= 0.6 is 22.6 Å². The molecule has 24 heavy (non-hydrogen) atoms. The third-order valence-electron chi connectivity index (χ3n) is 4.73. The molecule has 1 aliphatic heterocycles. The van der Waals surface area contributed by atoms with Gasteiger partial charge in [0.25, 0.3) is 5.91 Å². The molecule has 7 heteroatoms. The summed E-state index contributed by atoms with van der Waals surface area (Å²) in [4.78, 5) is 37.9. The van der Waals surface area contributed by atoms with E-state index < -0.39 is 5.54 Å². The Hall–Kier alpha value is -1.64. The van der Waals surface area contributed by atoms with Gasteiger partial charge in [0.05, 0.1) is 0 Å². The van der Waals surface area contributed by atoms with Crippen LogP contribution in [0.3, 0.4) is 0 Å². The number of nitrogens with zero attached hydrogens (tertiary/aromatic N) is 1. The number of urea groups is 1. The first-order valence-electron chi connectivity index (χ1n) is 8.11. The molecule has 1 spiro atoms. The lowest BCUT2D eigenvalue weighted by Crippen LogP contribution is -2.44. The molecule has 128 valence electrons. The third kappa shape index (κ3) is 3.26. The Labute approximate surface area is 154 Å². The quantitative estimate of drug-likeness (QED) is 0.557. The van der Waals surface area contributed by atoms with Crippen LogP contribution in [0.5, 0.6) is 0 Å². The highest BCUT2D eigenvalue weighted by molar-refractivity contribution is 14.1. The smallest absolute Gasteiger partial charge is 0.325 e. The van der Waals surface area contributed by atoms with Gasteiger partial charge in [0.15, 0.2) is 0 Å². The van der Waals surface area contributed by atoms with Gasteiger partial charge in [0, 0.05) is 22.2 Å². The second kappa shape index (κ2) is 6.70. The summed E-state index contributed by atoms with van der Waals surface area (Å²) in [5.41, 5.74) is 1.03. The van der Waals surface area contributed by atoms with E-state index in [0.717, 1.165) is 27.7 Å². The zero-order valence-electron chi connectivity index (χ0n) is 13.5. The molecule has 0 radical (unpaired) electrons. The van der Waals surface area contributed by atoms with Crippen molar-refractivity contribution in [1.82, 2.24) is 10.2 Å². The van der Waals surface area contributed by atoms with Crippen LogP contribution in [0.1, 0.15) is 37.7 Å². The second-order valence-corrected chi connectivity index (χ2v) is 7.68. The van der Waals surface area contributed by atoms with Crippen LogP contribution in [0.4, 0.5) is 10.5 Å². The molecule has 1 aromatic rings. The van der Waals surface area contributed by atoms with E-state index in [0.29, 0.717) is 12.8 Å². The minimum absolute atomic E-state index is 0.0979. The lowest BCUT2D eigenvalue weighted by Gasteiger charge is -2.20. The van der Waals surface area contributed by atoms with E-state index in [1.54, 1.807) is 0 Å². The van der Waals surface area contributed by atoms with Crippen LogP contribution in [0.25, 0.3) is 0 Å². The average molecular weight is 441 g/mol. The van der Waals surface area contributed by atoms with Crippen LogP contribution < -0.4 is 10.6 Å². The summed E-state index contributed by atoms with van der Waals surface area (Å²) in [5.74, 6) is -0.379. The zero-order chi connectivity index (χ0) is 17.3. The Morgan fingerprint density at radius 1 is 1.33 bits per heavy atom. The predicted octanol–water partition coefficient (Wildman–Crippen LogP) is 2.79. The maximum absolute atomic E-state index is 12.5. The molecule has 2 N–H and O–H groups in total. The van der Waals surface area contributed by atoms with E-state index >= 15 is 0 Å². The summed E-state index contributed by atoms with van der Waals surface area (Å²) in [7, 11) is 0. The van der Waals surface area contributed by atoms with Gasteiger partial charge in [-0.25, -0.2) is 4.79 Å². The van der Waals surface area contributed by atoms with E-state index in [-0.39, 0.29) is 30.8 Å². The minimum atomic E-state index is -0.708. The van der Waals surface area contributed by atoms with Crippen molar-refractivity contribution in [1.29, 1.82) is 0 Å². The van der Waals surface area contributed by atoms with Crippen molar-refractivity contribution >= 4 is 46.1 Å². The van der Waals surface area contributed by atoms with Gasteiger partial charge >= 0.3 is 6.03 Å². The van der Waals surface area contributed by atoms with Crippen LogP contribution in [0.2, 0.25) is 0 Å². The van der Waals surface area contributed by atoms with Gasteiger partial charge in [-0.05, 0) is 66.1 Å². The zero-order valence-corrected chi connectivity index (χ0v) is 15.7. The fourth-order valence-electron chi connectivity index (χ4n) is 3.39. The van der Waals surface area contributed by atoms with Crippen molar-refractivity contribution in [2.75, 3.05) is 11.9 Å². The fourth-order valence-corrected chi connectivity index (χ4v) is 4.04. The monoisotopic (exact) mass is 441 g/mol. The molecule has 4 amide bonds. The third-order valence-corrected chi connectivity index (χ3v) is 5.40. The van der Waals surface area contributed by atoms with E-state index in [9.17, 15) is 14.4 Å². The van der Waals surface area contributed by atoms with Gasteiger partial charge in [-0.3, -0.25) is 14.5 Å². The maximum atomic E-state index is 12.5. The Bertz CT molecular complexity index is 698. The number of nitrogens with one attached hydrogen (secondary N) is 2. The summed E-state index contributed by atoms with van der Waals surface area (Å²) < 4.78 is 1.10. The first-order chi connectivity index (χ1) is 11.4. The lowest BCUT2D eigenvalue weighted by atomic mass is 9.98. The number of carbonyl (C=O) groups excluding carboxylic acids is 3. The maximum Gasteiger partial charge on any atom is 0.325 e. The van der Waals surface area contributed by atoms with Crippen molar-refractivity contribution in [2.24, 2.45) is 0 Å². The second-order valence-electron chi connectivity index (χ2n) is 6.43. The van der Waals surface area contributed by atoms with Crippen LogP contribution in [-0.2, 0) is 9.59 Å². The van der Waals surface area contributed by atoms with Gasteiger partial charge in [-0.2, -0.15) is 0 Å². The number of benzene rings is 1. The molecule has 0 aromatic heterocycles. The summed E-state index contributed by atoms with van der Waals surface area (Å²) in [6.07, 6.45) is 3.39. The van der Waals surface area contributed by atoms with Gasteiger partial charge in [0.1, 0.15) is 5.54 Å². The normalized spacial score (nSPS) is 19.0. The molecular formula is C17H20IN3O3. The SMILES string of the molecule is Cc1cc(I)ccc1NC(=O)CCN1C(=O)NC2(CCCC2)C1=O. The molecule has 6 nitrogen and oxygen atoms in total. The standard InChI is InChI=1S/C17H20IN3O3/c1-11-10-12(18)4-5-13(11)19-14(22)6-9-21-15(23)17(20-16(21)24)7-2-3-8-17/h4-5,10H,2-3,6-9H2,1H3,(H,19,22)(H,20,24). The molecule has 1 saturated carbocycles. The highest BCUT2D eigenvalue weighted by Gasteiger charge is 2.52.